The number of hydrogen-bond donors (Lipinski definition) is 1. The number of aromatic nitrogens is 2. The average molecular weight is 293 g/mol. The number of hydrogen-bond acceptors (Lipinski definition) is 6. The predicted octanol–water partition coefficient (Wildman–Crippen LogP) is 1.53. The molecule has 1 aliphatic heterocycles. The summed E-state index contributed by atoms with van der Waals surface area (Å²) in [5.74, 6) is 0.898. The van der Waals surface area contributed by atoms with Crippen molar-refractivity contribution in [3.8, 4) is 11.5 Å². The molecule has 1 unspecified atom stereocenters. The molecule has 1 aromatic carbocycles. The predicted molar refractivity (Wildman–Crippen MR) is 74.9 cm³/mol. The van der Waals surface area contributed by atoms with Crippen molar-refractivity contribution < 1.29 is 12.9 Å². The van der Waals surface area contributed by atoms with Gasteiger partial charge in [0.25, 0.3) is 5.89 Å². The summed E-state index contributed by atoms with van der Waals surface area (Å²) < 4.78 is 28.2. The third-order valence-electron chi connectivity index (χ3n) is 3.56. The van der Waals surface area contributed by atoms with Gasteiger partial charge in [-0.05, 0) is 25.0 Å². The van der Waals surface area contributed by atoms with Crippen LogP contribution in [0, 0.1) is 6.92 Å². The highest BCUT2D eigenvalue weighted by atomic mass is 32.2. The van der Waals surface area contributed by atoms with E-state index in [2.05, 4.69) is 10.1 Å². The first-order chi connectivity index (χ1) is 9.46. The molecule has 1 fully saturated rings. The van der Waals surface area contributed by atoms with Crippen LogP contribution in [0.5, 0.6) is 0 Å². The molecule has 2 aromatic rings. The van der Waals surface area contributed by atoms with Crippen LogP contribution in [0.25, 0.3) is 11.5 Å². The number of aryl methyl sites for hydroxylation is 1. The number of rotatable bonds is 2. The molecule has 1 saturated heterocycles. The Balaban J connectivity index is 1.95. The van der Waals surface area contributed by atoms with E-state index in [4.69, 9.17) is 10.3 Å². The van der Waals surface area contributed by atoms with Gasteiger partial charge in [0.05, 0.1) is 17.1 Å². The zero-order valence-electron chi connectivity index (χ0n) is 11.0. The van der Waals surface area contributed by atoms with Crippen molar-refractivity contribution in [2.45, 2.75) is 19.3 Å². The first-order valence-electron chi connectivity index (χ1n) is 6.36. The highest BCUT2D eigenvalue weighted by Gasteiger charge is 2.32. The molecule has 0 saturated carbocycles. The minimum Gasteiger partial charge on any atom is -0.398 e. The molecular weight excluding hydrogens is 278 g/mol. The molecule has 3 rings (SSSR count). The number of nitrogen functional groups attached to an aromatic ring is 1. The van der Waals surface area contributed by atoms with E-state index in [9.17, 15) is 8.42 Å². The van der Waals surface area contributed by atoms with E-state index in [1.807, 2.05) is 19.1 Å². The Morgan fingerprint density at radius 1 is 1.40 bits per heavy atom. The van der Waals surface area contributed by atoms with Crippen LogP contribution in [0.2, 0.25) is 0 Å². The van der Waals surface area contributed by atoms with Crippen LogP contribution in [-0.4, -0.2) is 30.1 Å². The maximum absolute atomic E-state index is 11.5. The lowest BCUT2D eigenvalue weighted by atomic mass is 10.1. The lowest BCUT2D eigenvalue weighted by Crippen LogP contribution is -2.05. The summed E-state index contributed by atoms with van der Waals surface area (Å²) in [6, 6.07) is 5.54. The zero-order valence-corrected chi connectivity index (χ0v) is 11.9. The van der Waals surface area contributed by atoms with Crippen LogP contribution in [0.3, 0.4) is 0 Å². The quantitative estimate of drug-likeness (QED) is 0.843. The summed E-state index contributed by atoms with van der Waals surface area (Å²) in [7, 11) is -2.96. The molecule has 106 valence electrons. The van der Waals surface area contributed by atoms with Crippen LogP contribution in [0.4, 0.5) is 5.69 Å². The maximum Gasteiger partial charge on any atom is 0.260 e. The Labute approximate surface area is 116 Å². The Bertz CT molecular complexity index is 732. The van der Waals surface area contributed by atoms with E-state index in [1.54, 1.807) is 6.07 Å². The molecule has 0 radical (unpaired) electrons. The number of benzene rings is 1. The van der Waals surface area contributed by atoms with Gasteiger partial charge in [-0.15, -0.1) is 0 Å². The lowest BCUT2D eigenvalue weighted by Gasteiger charge is -2.03. The minimum atomic E-state index is -2.96. The second kappa shape index (κ2) is 4.59. The summed E-state index contributed by atoms with van der Waals surface area (Å²) in [4.78, 5) is 4.33. The molecule has 20 heavy (non-hydrogen) atoms. The summed E-state index contributed by atoms with van der Waals surface area (Å²) in [6.45, 7) is 1.91. The number of nitrogens with two attached hydrogens (primary N) is 1. The zero-order chi connectivity index (χ0) is 14.3. The van der Waals surface area contributed by atoms with Gasteiger partial charge < -0.3 is 10.3 Å². The summed E-state index contributed by atoms with van der Waals surface area (Å²) in [5.41, 5.74) is 8.16. The molecule has 1 aliphatic rings. The van der Waals surface area contributed by atoms with Gasteiger partial charge in [0.1, 0.15) is 0 Å². The van der Waals surface area contributed by atoms with Crippen molar-refractivity contribution in [1.29, 1.82) is 0 Å². The fourth-order valence-electron chi connectivity index (χ4n) is 2.48. The summed E-state index contributed by atoms with van der Waals surface area (Å²) in [5, 5.41) is 3.92. The Kier molecular flexibility index (Phi) is 3.01. The van der Waals surface area contributed by atoms with Crippen molar-refractivity contribution in [2.24, 2.45) is 0 Å². The second-order valence-corrected chi connectivity index (χ2v) is 7.33. The fourth-order valence-corrected chi connectivity index (χ4v) is 4.22. The Hall–Kier alpha value is -1.89. The molecule has 0 aliphatic carbocycles. The third kappa shape index (κ3) is 2.29. The molecule has 1 atom stereocenters. The molecular formula is C13H15N3O3S. The molecule has 0 bridgehead atoms. The van der Waals surface area contributed by atoms with Gasteiger partial charge in [-0.25, -0.2) is 8.42 Å². The van der Waals surface area contributed by atoms with Gasteiger partial charge in [0.15, 0.2) is 15.7 Å². The van der Waals surface area contributed by atoms with E-state index < -0.39 is 9.84 Å². The SMILES string of the molecule is Cc1cccc(N)c1-c1nc(C2CCS(=O)(=O)C2)no1. The van der Waals surface area contributed by atoms with E-state index >= 15 is 0 Å². The topological polar surface area (TPSA) is 99.1 Å². The van der Waals surface area contributed by atoms with Gasteiger partial charge >= 0.3 is 0 Å². The normalized spacial score (nSPS) is 21.1. The second-order valence-electron chi connectivity index (χ2n) is 5.10. The molecule has 0 spiro atoms. The Morgan fingerprint density at radius 2 is 2.20 bits per heavy atom. The van der Waals surface area contributed by atoms with E-state index in [0.717, 1.165) is 5.56 Å². The molecule has 7 heteroatoms. The van der Waals surface area contributed by atoms with E-state index in [1.165, 1.54) is 0 Å². The van der Waals surface area contributed by atoms with E-state index in [-0.39, 0.29) is 17.4 Å². The monoisotopic (exact) mass is 293 g/mol. The molecule has 6 nitrogen and oxygen atoms in total. The number of sulfone groups is 1. The van der Waals surface area contributed by atoms with Crippen molar-refractivity contribution in [3.05, 3.63) is 29.6 Å². The maximum atomic E-state index is 11.5. The first-order valence-corrected chi connectivity index (χ1v) is 8.18. The highest BCUT2D eigenvalue weighted by molar-refractivity contribution is 7.91. The molecule has 1 aromatic heterocycles. The minimum absolute atomic E-state index is 0.0925. The lowest BCUT2D eigenvalue weighted by molar-refractivity contribution is 0.418. The molecule has 2 N–H and O–H groups in total. The van der Waals surface area contributed by atoms with Gasteiger partial charge in [-0.3, -0.25) is 0 Å². The van der Waals surface area contributed by atoms with E-state index in [0.29, 0.717) is 29.4 Å². The van der Waals surface area contributed by atoms with Crippen LogP contribution >= 0.6 is 0 Å². The first kappa shape index (κ1) is 13.1. The van der Waals surface area contributed by atoms with Crippen LogP contribution in [0.1, 0.15) is 23.7 Å². The van der Waals surface area contributed by atoms with Gasteiger partial charge in [-0.1, -0.05) is 17.3 Å². The standard InChI is InChI=1S/C13H15N3O3S/c1-8-3-2-4-10(14)11(8)13-15-12(16-19-13)9-5-6-20(17,18)7-9/h2-4,9H,5-7,14H2,1H3. The van der Waals surface area contributed by atoms with Crippen LogP contribution in [-0.2, 0) is 9.84 Å². The number of nitrogens with zero attached hydrogens (tertiary/aromatic N) is 2. The largest absolute Gasteiger partial charge is 0.398 e. The smallest absolute Gasteiger partial charge is 0.260 e. The average Bonchev–Trinajstić information content (AvgIpc) is 2.96. The van der Waals surface area contributed by atoms with Crippen molar-refractivity contribution in [2.75, 3.05) is 17.2 Å². The van der Waals surface area contributed by atoms with Crippen LogP contribution in [0.15, 0.2) is 22.7 Å². The van der Waals surface area contributed by atoms with Gasteiger partial charge in [0.2, 0.25) is 0 Å². The molecule has 2 heterocycles. The fraction of sp³-hybridized carbons (Fsp3) is 0.385. The number of anilines is 1. The van der Waals surface area contributed by atoms with Gasteiger partial charge in [0, 0.05) is 11.6 Å². The van der Waals surface area contributed by atoms with Crippen molar-refractivity contribution in [3.63, 3.8) is 0 Å². The van der Waals surface area contributed by atoms with Gasteiger partial charge in [-0.2, -0.15) is 4.98 Å². The molecule has 0 amide bonds. The third-order valence-corrected chi connectivity index (χ3v) is 5.33. The van der Waals surface area contributed by atoms with Crippen LogP contribution < -0.4 is 5.73 Å². The summed E-state index contributed by atoms with van der Waals surface area (Å²) in [6.07, 6.45) is 0.546. The summed E-state index contributed by atoms with van der Waals surface area (Å²) >= 11 is 0. The highest BCUT2D eigenvalue weighted by Crippen LogP contribution is 2.31. The Morgan fingerprint density at radius 3 is 2.85 bits per heavy atom. The van der Waals surface area contributed by atoms with Crippen molar-refractivity contribution >= 4 is 15.5 Å². The van der Waals surface area contributed by atoms with Crippen molar-refractivity contribution in [1.82, 2.24) is 10.1 Å².